The molecule has 3 aromatic rings. The van der Waals surface area contributed by atoms with E-state index >= 15 is 0 Å². The first-order chi connectivity index (χ1) is 18.5. The molecule has 7 nitrogen and oxygen atoms in total. The topological polar surface area (TPSA) is 91.8 Å². The van der Waals surface area contributed by atoms with Crippen LogP contribution in [-0.2, 0) is 12.4 Å². The molecular formula is C25H26F6N6OS. The van der Waals surface area contributed by atoms with Crippen molar-refractivity contribution < 1.29 is 31.1 Å². The van der Waals surface area contributed by atoms with Crippen LogP contribution in [0.5, 0.6) is 0 Å². The second kappa shape index (κ2) is 12.3. The fourth-order valence-corrected chi connectivity index (χ4v) is 4.94. The maximum atomic E-state index is 13.5. The number of aromatic nitrogens is 3. The van der Waals surface area contributed by atoms with Gasteiger partial charge in [0.05, 0.1) is 11.3 Å². The van der Waals surface area contributed by atoms with Gasteiger partial charge in [0.1, 0.15) is 11.3 Å². The van der Waals surface area contributed by atoms with E-state index in [1.807, 2.05) is 0 Å². The average molecular weight is 573 g/mol. The van der Waals surface area contributed by atoms with Crippen LogP contribution in [-0.4, -0.2) is 40.0 Å². The molecule has 1 saturated carbocycles. The van der Waals surface area contributed by atoms with Gasteiger partial charge in [0.2, 0.25) is 5.95 Å². The van der Waals surface area contributed by atoms with Crippen LogP contribution in [0, 0.1) is 0 Å². The third-order valence-electron chi connectivity index (χ3n) is 6.20. The number of thiazole rings is 1. The molecule has 0 aliphatic heterocycles. The maximum Gasteiger partial charge on any atom is 0.420 e. The molecule has 1 fully saturated rings. The predicted molar refractivity (Wildman–Crippen MR) is 135 cm³/mol. The van der Waals surface area contributed by atoms with Crippen molar-refractivity contribution in [3.05, 3.63) is 52.7 Å². The molecule has 0 radical (unpaired) electrons. The summed E-state index contributed by atoms with van der Waals surface area (Å²) in [5.74, 6) is -1.30. The van der Waals surface area contributed by atoms with Crippen LogP contribution < -0.4 is 16.0 Å². The fraction of sp³-hybridized carbons (Fsp3) is 0.440. The number of carbonyl (C=O) groups is 1. The molecule has 2 heterocycles. The highest BCUT2D eigenvalue weighted by atomic mass is 32.1. The van der Waals surface area contributed by atoms with Crippen molar-refractivity contribution in [1.82, 2.24) is 25.6 Å². The summed E-state index contributed by atoms with van der Waals surface area (Å²) >= 11 is 0.994. The highest BCUT2D eigenvalue weighted by Gasteiger charge is 2.37. The van der Waals surface area contributed by atoms with Crippen molar-refractivity contribution in [2.45, 2.75) is 56.9 Å². The van der Waals surface area contributed by atoms with E-state index in [1.165, 1.54) is 36.8 Å². The largest absolute Gasteiger partial charge is 0.420 e. The van der Waals surface area contributed by atoms with Gasteiger partial charge in [-0.2, -0.15) is 26.3 Å². The number of halogens is 6. The molecule has 0 atom stereocenters. The number of anilines is 2. The van der Waals surface area contributed by atoms with Crippen molar-refractivity contribution in [2.24, 2.45) is 0 Å². The van der Waals surface area contributed by atoms with Crippen molar-refractivity contribution in [2.75, 3.05) is 18.4 Å². The zero-order valence-electron chi connectivity index (χ0n) is 20.6. The van der Waals surface area contributed by atoms with Gasteiger partial charge in [-0.05, 0) is 37.9 Å². The van der Waals surface area contributed by atoms with E-state index in [9.17, 15) is 31.1 Å². The number of hydrogen-bond acceptors (Lipinski definition) is 7. The van der Waals surface area contributed by atoms with Crippen molar-refractivity contribution in [1.29, 1.82) is 0 Å². The normalized spacial score (nSPS) is 14.8. The number of carbonyl (C=O) groups excluding carboxylic acids is 1. The van der Waals surface area contributed by atoms with E-state index in [2.05, 4.69) is 30.9 Å². The van der Waals surface area contributed by atoms with Crippen LogP contribution >= 0.6 is 11.3 Å². The fourth-order valence-electron chi connectivity index (χ4n) is 4.22. The van der Waals surface area contributed by atoms with E-state index in [0.717, 1.165) is 36.3 Å². The summed E-state index contributed by atoms with van der Waals surface area (Å²) in [7, 11) is 0. The summed E-state index contributed by atoms with van der Waals surface area (Å²) in [5.41, 5.74) is -2.53. The molecule has 3 N–H and O–H groups in total. The molecule has 14 heteroatoms. The molecule has 1 aliphatic rings. The van der Waals surface area contributed by atoms with E-state index in [-0.39, 0.29) is 28.9 Å². The highest BCUT2D eigenvalue weighted by molar-refractivity contribution is 7.14. The number of alkyl halides is 6. The summed E-state index contributed by atoms with van der Waals surface area (Å²) in [5, 5.41) is 10.1. The number of amides is 1. The van der Waals surface area contributed by atoms with Crippen LogP contribution in [0.15, 0.2) is 35.8 Å². The van der Waals surface area contributed by atoms with E-state index < -0.39 is 35.1 Å². The van der Waals surface area contributed by atoms with E-state index in [0.29, 0.717) is 25.2 Å². The Morgan fingerprint density at radius 2 is 1.77 bits per heavy atom. The summed E-state index contributed by atoms with van der Waals surface area (Å²) in [6.07, 6.45) is -2.57. The van der Waals surface area contributed by atoms with Gasteiger partial charge in [0.15, 0.2) is 5.13 Å². The molecule has 39 heavy (non-hydrogen) atoms. The molecule has 0 bridgehead atoms. The predicted octanol–water partition coefficient (Wildman–Crippen LogP) is 6.42. The van der Waals surface area contributed by atoms with Gasteiger partial charge in [-0.25, -0.2) is 15.0 Å². The highest BCUT2D eigenvalue weighted by Crippen LogP contribution is 2.34. The third-order valence-corrected chi connectivity index (χ3v) is 6.95. The molecule has 0 spiro atoms. The van der Waals surface area contributed by atoms with Gasteiger partial charge in [-0.15, -0.1) is 11.3 Å². The lowest BCUT2D eigenvalue weighted by molar-refractivity contribution is -0.138. The average Bonchev–Trinajstić information content (AvgIpc) is 3.36. The Labute approximate surface area is 224 Å². The Hall–Kier alpha value is -3.26. The lowest BCUT2D eigenvalue weighted by Crippen LogP contribution is -2.34. The van der Waals surface area contributed by atoms with Crippen LogP contribution in [0.4, 0.5) is 37.4 Å². The Balaban J connectivity index is 1.42. The molecule has 4 rings (SSSR count). The zero-order valence-corrected chi connectivity index (χ0v) is 21.4. The zero-order chi connectivity index (χ0) is 28.0. The first-order valence-electron chi connectivity index (χ1n) is 12.4. The molecular weight excluding hydrogens is 546 g/mol. The Morgan fingerprint density at radius 3 is 2.49 bits per heavy atom. The third kappa shape index (κ3) is 7.88. The van der Waals surface area contributed by atoms with Gasteiger partial charge in [0, 0.05) is 29.7 Å². The summed E-state index contributed by atoms with van der Waals surface area (Å²) in [4.78, 5) is 24.3. The number of nitrogens with zero attached hydrogens (tertiary/aromatic N) is 3. The first kappa shape index (κ1) is 28.7. The van der Waals surface area contributed by atoms with Gasteiger partial charge in [-0.1, -0.05) is 31.4 Å². The van der Waals surface area contributed by atoms with Crippen LogP contribution in [0.2, 0.25) is 0 Å². The first-order valence-corrected chi connectivity index (χ1v) is 13.2. The Bertz CT molecular complexity index is 1270. The number of nitrogens with one attached hydrogen (secondary N) is 3. The molecule has 1 amide bonds. The summed E-state index contributed by atoms with van der Waals surface area (Å²) < 4.78 is 79.7. The van der Waals surface area contributed by atoms with Gasteiger partial charge < -0.3 is 16.0 Å². The van der Waals surface area contributed by atoms with Gasteiger partial charge >= 0.3 is 12.4 Å². The smallest absolute Gasteiger partial charge is 0.351 e. The minimum atomic E-state index is -4.86. The molecule has 0 saturated heterocycles. The van der Waals surface area contributed by atoms with E-state index in [4.69, 9.17) is 0 Å². The minimum absolute atomic E-state index is 0.127. The quantitative estimate of drug-likeness (QED) is 0.202. The van der Waals surface area contributed by atoms with Crippen molar-refractivity contribution in [3.8, 4) is 11.3 Å². The molecule has 0 unspecified atom stereocenters. The van der Waals surface area contributed by atoms with Crippen molar-refractivity contribution >= 4 is 28.3 Å². The molecule has 1 aliphatic carbocycles. The Morgan fingerprint density at radius 1 is 1.00 bits per heavy atom. The minimum Gasteiger partial charge on any atom is -0.351 e. The number of rotatable bonds is 9. The second-order valence-electron chi connectivity index (χ2n) is 9.09. The van der Waals surface area contributed by atoms with Crippen LogP contribution in [0.1, 0.15) is 60.1 Å². The monoisotopic (exact) mass is 572 g/mol. The maximum absolute atomic E-state index is 13.5. The van der Waals surface area contributed by atoms with Gasteiger partial charge in [0.25, 0.3) is 5.91 Å². The molecule has 2 aromatic heterocycles. The van der Waals surface area contributed by atoms with Crippen LogP contribution in [0.3, 0.4) is 0 Å². The molecule has 1 aromatic carbocycles. The Kier molecular flexibility index (Phi) is 9.05. The van der Waals surface area contributed by atoms with Crippen molar-refractivity contribution in [3.63, 3.8) is 0 Å². The number of benzene rings is 1. The number of hydrogen-bond donors (Lipinski definition) is 3. The standard InChI is InChI=1S/C25H26F6N6OS/c26-24(27,28)16-7-4-6-15(12-16)19-14-39-23(35-19)37-22-34-13-18(25(29,30)31)20(36-22)21(38)33-11-5-10-32-17-8-2-1-3-9-17/h4,6-7,12-14,17,32H,1-3,5,8-11H2,(H,33,38)(H,34,35,36,37). The van der Waals surface area contributed by atoms with Gasteiger partial charge in [-0.3, -0.25) is 4.79 Å². The second-order valence-corrected chi connectivity index (χ2v) is 9.95. The van der Waals surface area contributed by atoms with E-state index in [1.54, 1.807) is 0 Å². The molecule has 210 valence electrons. The lowest BCUT2D eigenvalue weighted by Gasteiger charge is -2.22. The summed E-state index contributed by atoms with van der Waals surface area (Å²) in [6.45, 7) is 0.793. The van der Waals surface area contributed by atoms with Crippen LogP contribution in [0.25, 0.3) is 11.3 Å². The summed E-state index contributed by atoms with van der Waals surface area (Å²) in [6, 6.07) is 5.02. The SMILES string of the molecule is O=C(NCCCNC1CCCCC1)c1nc(Nc2nc(-c3cccc(C(F)(F)F)c3)cs2)ncc1C(F)(F)F. The lowest BCUT2D eigenvalue weighted by atomic mass is 9.95.